The van der Waals surface area contributed by atoms with E-state index in [-0.39, 0.29) is 24.1 Å². The summed E-state index contributed by atoms with van der Waals surface area (Å²) in [5.74, 6) is -0.528. The molecule has 1 saturated heterocycles. The number of amides is 2. The van der Waals surface area contributed by atoms with Gasteiger partial charge in [0.1, 0.15) is 12.2 Å². The molecule has 2 amide bonds. The van der Waals surface area contributed by atoms with Gasteiger partial charge in [0, 0.05) is 25.7 Å². The number of aromatic nitrogens is 2. The van der Waals surface area contributed by atoms with Gasteiger partial charge in [0.15, 0.2) is 0 Å². The molecule has 0 unspecified atom stereocenters. The van der Waals surface area contributed by atoms with Crippen molar-refractivity contribution in [1.29, 1.82) is 0 Å². The highest BCUT2D eigenvalue weighted by atomic mass is 16.2. The summed E-state index contributed by atoms with van der Waals surface area (Å²) in [7, 11) is 0. The van der Waals surface area contributed by atoms with E-state index in [1.807, 2.05) is 30.3 Å². The standard InChI is InChI=1S/C18H20N4O3/c23-16(19-12-14-6-2-1-3-7-14)13-22-17(24)9-8-15(20-22)18(25)21-10-4-5-11-21/h1-3,6-9H,4-5,10-13H2,(H,19,23). The van der Waals surface area contributed by atoms with Gasteiger partial charge < -0.3 is 10.2 Å². The van der Waals surface area contributed by atoms with Crippen molar-refractivity contribution < 1.29 is 9.59 Å². The van der Waals surface area contributed by atoms with Gasteiger partial charge >= 0.3 is 0 Å². The topological polar surface area (TPSA) is 84.3 Å². The van der Waals surface area contributed by atoms with Crippen LogP contribution in [0, 0.1) is 0 Å². The van der Waals surface area contributed by atoms with Gasteiger partial charge in [0.05, 0.1) is 0 Å². The average molecular weight is 340 g/mol. The summed E-state index contributed by atoms with van der Waals surface area (Å²) < 4.78 is 1.03. The molecule has 0 radical (unpaired) electrons. The predicted molar refractivity (Wildman–Crippen MR) is 91.9 cm³/mol. The highest BCUT2D eigenvalue weighted by Gasteiger charge is 2.21. The Labute approximate surface area is 145 Å². The monoisotopic (exact) mass is 340 g/mol. The Hall–Kier alpha value is -2.96. The molecule has 0 aliphatic carbocycles. The fourth-order valence-corrected chi connectivity index (χ4v) is 2.75. The fraction of sp³-hybridized carbons (Fsp3) is 0.333. The summed E-state index contributed by atoms with van der Waals surface area (Å²) >= 11 is 0. The number of carbonyl (C=O) groups is 2. The van der Waals surface area contributed by atoms with E-state index in [2.05, 4.69) is 10.4 Å². The summed E-state index contributed by atoms with van der Waals surface area (Å²) in [6.07, 6.45) is 1.96. The largest absolute Gasteiger partial charge is 0.350 e. The molecule has 0 saturated carbocycles. The quantitative estimate of drug-likeness (QED) is 0.872. The molecular weight excluding hydrogens is 320 g/mol. The van der Waals surface area contributed by atoms with Crippen LogP contribution in [0.15, 0.2) is 47.3 Å². The van der Waals surface area contributed by atoms with Gasteiger partial charge in [-0.3, -0.25) is 14.4 Å². The zero-order chi connectivity index (χ0) is 17.6. The minimum absolute atomic E-state index is 0.192. The summed E-state index contributed by atoms with van der Waals surface area (Å²) in [5, 5.41) is 6.81. The van der Waals surface area contributed by atoms with Gasteiger partial charge in [-0.25, -0.2) is 4.68 Å². The molecule has 2 heterocycles. The molecule has 1 N–H and O–H groups in total. The van der Waals surface area contributed by atoms with Crippen LogP contribution in [0.3, 0.4) is 0 Å². The van der Waals surface area contributed by atoms with Gasteiger partial charge in [-0.1, -0.05) is 30.3 Å². The van der Waals surface area contributed by atoms with Crippen LogP contribution in [-0.4, -0.2) is 39.6 Å². The first-order valence-corrected chi connectivity index (χ1v) is 8.31. The van der Waals surface area contributed by atoms with Crippen molar-refractivity contribution in [1.82, 2.24) is 20.0 Å². The smallest absolute Gasteiger partial charge is 0.274 e. The van der Waals surface area contributed by atoms with Crippen molar-refractivity contribution >= 4 is 11.8 Å². The van der Waals surface area contributed by atoms with E-state index in [1.165, 1.54) is 12.1 Å². The van der Waals surface area contributed by atoms with E-state index < -0.39 is 5.56 Å². The van der Waals surface area contributed by atoms with Crippen LogP contribution in [0.4, 0.5) is 0 Å². The van der Waals surface area contributed by atoms with E-state index in [0.29, 0.717) is 19.6 Å². The van der Waals surface area contributed by atoms with Crippen molar-refractivity contribution in [3.8, 4) is 0 Å². The molecule has 2 aromatic rings. The minimum atomic E-state index is -0.409. The van der Waals surface area contributed by atoms with Crippen LogP contribution < -0.4 is 10.9 Å². The van der Waals surface area contributed by atoms with Crippen LogP contribution in [0.5, 0.6) is 0 Å². The van der Waals surface area contributed by atoms with Crippen LogP contribution >= 0.6 is 0 Å². The summed E-state index contributed by atoms with van der Waals surface area (Å²) in [5.41, 5.74) is 0.749. The maximum atomic E-state index is 12.4. The van der Waals surface area contributed by atoms with E-state index in [0.717, 1.165) is 23.1 Å². The number of rotatable bonds is 5. The van der Waals surface area contributed by atoms with Gasteiger partial charge in [-0.05, 0) is 24.5 Å². The van der Waals surface area contributed by atoms with Crippen LogP contribution in [0.2, 0.25) is 0 Å². The molecule has 7 nitrogen and oxygen atoms in total. The normalized spacial score (nSPS) is 13.7. The predicted octanol–water partition coefficient (Wildman–Crippen LogP) is 0.796. The lowest BCUT2D eigenvalue weighted by molar-refractivity contribution is -0.122. The van der Waals surface area contributed by atoms with E-state index in [4.69, 9.17) is 0 Å². The maximum absolute atomic E-state index is 12.4. The molecule has 0 spiro atoms. The Bertz CT molecular complexity index is 811. The third kappa shape index (κ3) is 4.32. The molecule has 130 valence electrons. The number of hydrogen-bond acceptors (Lipinski definition) is 4. The molecule has 0 bridgehead atoms. The van der Waals surface area contributed by atoms with Crippen LogP contribution in [0.25, 0.3) is 0 Å². The summed E-state index contributed by atoms with van der Waals surface area (Å²) in [4.78, 5) is 38.1. The molecule has 0 atom stereocenters. The molecule has 1 aliphatic rings. The number of hydrogen-bond donors (Lipinski definition) is 1. The van der Waals surface area contributed by atoms with Crippen molar-refractivity contribution in [2.75, 3.05) is 13.1 Å². The second-order valence-electron chi connectivity index (χ2n) is 5.98. The zero-order valence-corrected chi connectivity index (χ0v) is 13.9. The molecule has 1 aromatic carbocycles. The second kappa shape index (κ2) is 7.74. The van der Waals surface area contributed by atoms with Crippen molar-refractivity contribution in [2.24, 2.45) is 0 Å². The maximum Gasteiger partial charge on any atom is 0.274 e. The highest BCUT2D eigenvalue weighted by Crippen LogP contribution is 2.10. The SMILES string of the molecule is O=C(Cn1nc(C(=O)N2CCCC2)ccc1=O)NCc1ccccc1. The molecule has 3 rings (SSSR count). The Kier molecular flexibility index (Phi) is 5.23. The van der Waals surface area contributed by atoms with Crippen molar-refractivity contribution in [3.63, 3.8) is 0 Å². The van der Waals surface area contributed by atoms with Gasteiger partial charge in [-0.2, -0.15) is 5.10 Å². The summed E-state index contributed by atoms with van der Waals surface area (Å²) in [6, 6.07) is 12.2. The third-order valence-electron chi connectivity index (χ3n) is 4.10. The molecule has 25 heavy (non-hydrogen) atoms. The molecule has 1 aliphatic heterocycles. The number of benzene rings is 1. The Morgan fingerprint density at radius 3 is 2.48 bits per heavy atom. The lowest BCUT2D eigenvalue weighted by Gasteiger charge is -2.15. The third-order valence-corrected chi connectivity index (χ3v) is 4.10. The molecular formula is C18H20N4O3. The number of carbonyl (C=O) groups excluding carboxylic acids is 2. The number of likely N-dealkylation sites (tertiary alicyclic amines) is 1. The lowest BCUT2D eigenvalue weighted by atomic mass is 10.2. The van der Waals surface area contributed by atoms with Gasteiger partial charge in [0.2, 0.25) is 5.91 Å². The van der Waals surface area contributed by atoms with E-state index in [9.17, 15) is 14.4 Å². The molecule has 1 aromatic heterocycles. The van der Waals surface area contributed by atoms with Gasteiger partial charge in [-0.15, -0.1) is 0 Å². The minimum Gasteiger partial charge on any atom is -0.350 e. The average Bonchev–Trinajstić information content (AvgIpc) is 3.17. The Morgan fingerprint density at radius 2 is 1.76 bits per heavy atom. The first-order chi connectivity index (χ1) is 12.1. The first kappa shape index (κ1) is 16.9. The lowest BCUT2D eigenvalue weighted by Crippen LogP contribution is -2.35. The molecule has 7 heteroatoms. The van der Waals surface area contributed by atoms with E-state index >= 15 is 0 Å². The van der Waals surface area contributed by atoms with Crippen LogP contribution in [-0.2, 0) is 17.9 Å². The zero-order valence-electron chi connectivity index (χ0n) is 13.9. The first-order valence-electron chi connectivity index (χ1n) is 8.31. The Morgan fingerprint density at radius 1 is 1.04 bits per heavy atom. The van der Waals surface area contributed by atoms with Crippen molar-refractivity contribution in [3.05, 3.63) is 64.1 Å². The fourth-order valence-electron chi connectivity index (χ4n) is 2.75. The molecule has 1 fully saturated rings. The number of nitrogens with one attached hydrogen (secondary N) is 1. The van der Waals surface area contributed by atoms with E-state index in [1.54, 1.807) is 4.90 Å². The second-order valence-corrected chi connectivity index (χ2v) is 5.98. The van der Waals surface area contributed by atoms with Crippen molar-refractivity contribution in [2.45, 2.75) is 25.9 Å². The highest BCUT2D eigenvalue weighted by molar-refractivity contribution is 5.92. The van der Waals surface area contributed by atoms with Gasteiger partial charge in [0.25, 0.3) is 11.5 Å². The Balaban J connectivity index is 1.65. The van der Waals surface area contributed by atoms with Crippen LogP contribution in [0.1, 0.15) is 28.9 Å². The summed E-state index contributed by atoms with van der Waals surface area (Å²) in [6.45, 7) is 1.57. The number of nitrogens with zero attached hydrogens (tertiary/aromatic N) is 3.